The second kappa shape index (κ2) is 6.37. The summed E-state index contributed by atoms with van der Waals surface area (Å²) in [4.78, 5) is 1.44. The van der Waals surface area contributed by atoms with Crippen molar-refractivity contribution in [1.82, 2.24) is 15.0 Å². The molecule has 5 nitrogen and oxygen atoms in total. The van der Waals surface area contributed by atoms with E-state index < -0.39 is 0 Å². The molecule has 4 rings (SSSR count). The molecule has 0 bridgehead atoms. The largest absolute Gasteiger partial charge is 0.506 e. The van der Waals surface area contributed by atoms with E-state index >= 15 is 0 Å². The Hall–Kier alpha value is -2.40. The van der Waals surface area contributed by atoms with Gasteiger partial charge in [0.25, 0.3) is 0 Å². The second-order valence-electron chi connectivity index (χ2n) is 4.79. The summed E-state index contributed by atoms with van der Waals surface area (Å²) in [6, 6.07) is 14.6. The van der Waals surface area contributed by atoms with E-state index in [9.17, 15) is 5.11 Å². The summed E-state index contributed by atoms with van der Waals surface area (Å²) in [6.45, 7) is 2.00. The van der Waals surface area contributed by atoms with Crippen LogP contribution >= 0.6 is 0 Å². The molecule has 1 N–H and O–H groups in total. The van der Waals surface area contributed by atoms with Crippen LogP contribution in [0.3, 0.4) is 0 Å². The van der Waals surface area contributed by atoms with Gasteiger partial charge in [-0.25, -0.2) is 0 Å². The minimum Gasteiger partial charge on any atom is -0.506 e. The summed E-state index contributed by atoms with van der Waals surface area (Å²) < 4.78 is 4.94. The molecule has 1 saturated heterocycles. The van der Waals surface area contributed by atoms with Crippen molar-refractivity contribution in [3.05, 3.63) is 48.5 Å². The Morgan fingerprint density at radius 3 is 1.95 bits per heavy atom. The number of hydrogen-bond acceptors (Lipinski definition) is 4. The van der Waals surface area contributed by atoms with Gasteiger partial charge < -0.3 is 9.84 Å². The molecule has 1 aliphatic rings. The van der Waals surface area contributed by atoms with Gasteiger partial charge in [-0.3, -0.25) is 0 Å². The molecule has 0 atom stereocenters. The molecular weight excluding hydrogens is 266 g/mol. The Morgan fingerprint density at radius 1 is 0.857 bits per heavy atom. The van der Waals surface area contributed by atoms with E-state index in [0.29, 0.717) is 5.69 Å². The molecule has 1 aliphatic heterocycles. The Bertz CT molecular complexity index is 680. The first-order valence-electron chi connectivity index (χ1n) is 7.03. The first-order chi connectivity index (χ1) is 10.3. The maximum atomic E-state index is 9.69. The highest BCUT2D eigenvalue weighted by molar-refractivity contribution is 5.73. The SMILES string of the molecule is C1CCOC1.Oc1ccccc1-n1nc2ccccc2n1. The van der Waals surface area contributed by atoms with Crippen LogP contribution in [0.15, 0.2) is 48.5 Å². The van der Waals surface area contributed by atoms with Gasteiger partial charge in [0.15, 0.2) is 0 Å². The fourth-order valence-corrected chi connectivity index (χ4v) is 2.11. The van der Waals surface area contributed by atoms with E-state index in [-0.39, 0.29) is 5.75 Å². The first-order valence-corrected chi connectivity index (χ1v) is 7.03. The fraction of sp³-hybridized carbons (Fsp3) is 0.250. The highest BCUT2D eigenvalue weighted by Gasteiger charge is 2.06. The van der Waals surface area contributed by atoms with Gasteiger partial charge >= 0.3 is 0 Å². The van der Waals surface area contributed by atoms with Gasteiger partial charge in [-0.15, -0.1) is 15.0 Å². The molecule has 2 heterocycles. The third-order valence-corrected chi connectivity index (χ3v) is 3.21. The summed E-state index contributed by atoms with van der Waals surface area (Å²) in [6.07, 6.45) is 2.56. The van der Waals surface area contributed by atoms with E-state index in [2.05, 4.69) is 10.2 Å². The standard InChI is InChI=1S/C12H9N3O.C4H8O/c16-12-8-4-3-7-11(12)15-13-9-5-1-2-6-10(9)14-15;1-2-4-5-3-1/h1-8,16H;1-4H2. The quantitative estimate of drug-likeness (QED) is 0.746. The van der Waals surface area contributed by atoms with E-state index in [1.165, 1.54) is 17.6 Å². The molecule has 0 saturated carbocycles. The van der Waals surface area contributed by atoms with Crippen molar-refractivity contribution < 1.29 is 9.84 Å². The lowest BCUT2D eigenvalue weighted by atomic mass is 10.3. The Morgan fingerprint density at radius 2 is 1.43 bits per heavy atom. The smallest absolute Gasteiger partial charge is 0.143 e. The summed E-state index contributed by atoms with van der Waals surface area (Å²) in [5.74, 6) is 0.169. The van der Waals surface area contributed by atoms with Crippen LogP contribution in [-0.4, -0.2) is 33.3 Å². The lowest BCUT2D eigenvalue weighted by molar-refractivity contribution is 0.198. The zero-order valence-electron chi connectivity index (χ0n) is 11.6. The molecule has 21 heavy (non-hydrogen) atoms. The van der Waals surface area contributed by atoms with Crippen LogP contribution < -0.4 is 0 Å². The monoisotopic (exact) mass is 283 g/mol. The zero-order valence-corrected chi connectivity index (χ0v) is 11.6. The maximum absolute atomic E-state index is 9.69. The molecule has 1 aromatic heterocycles. The number of phenols is 1. The van der Waals surface area contributed by atoms with Gasteiger partial charge in [0, 0.05) is 13.2 Å². The average Bonchev–Trinajstić information content (AvgIpc) is 3.20. The maximum Gasteiger partial charge on any atom is 0.143 e. The summed E-state index contributed by atoms with van der Waals surface area (Å²) >= 11 is 0. The van der Waals surface area contributed by atoms with E-state index in [0.717, 1.165) is 24.2 Å². The van der Waals surface area contributed by atoms with Gasteiger partial charge in [-0.2, -0.15) is 0 Å². The molecule has 3 aromatic rings. The number of aromatic nitrogens is 3. The Kier molecular flexibility index (Phi) is 4.12. The minimum atomic E-state index is 0.169. The van der Waals surface area contributed by atoms with Crippen LogP contribution in [0.4, 0.5) is 0 Å². The number of hydrogen-bond donors (Lipinski definition) is 1. The lowest BCUT2D eigenvalue weighted by Gasteiger charge is -2.00. The van der Waals surface area contributed by atoms with Crippen molar-refractivity contribution in [1.29, 1.82) is 0 Å². The molecule has 2 aromatic carbocycles. The number of fused-ring (bicyclic) bond motifs is 1. The Balaban J connectivity index is 0.000000225. The van der Waals surface area contributed by atoms with Gasteiger partial charge in [-0.05, 0) is 37.1 Å². The molecule has 0 unspecified atom stereocenters. The molecule has 0 amide bonds. The summed E-state index contributed by atoms with van der Waals surface area (Å²) in [5, 5.41) is 18.3. The molecule has 0 radical (unpaired) electrons. The van der Waals surface area contributed by atoms with Crippen LogP contribution in [-0.2, 0) is 4.74 Å². The Labute approximate surface area is 122 Å². The molecule has 0 aliphatic carbocycles. The third kappa shape index (κ3) is 3.20. The van der Waals surface area contributed by atoms with Crippen LogP contribution in [0.5, 0.6) is 5.75 Å². The van der Waals surface area contributed by atoms with Crippen LogP contribution in [0.2, 0.25) is 0 Å². The van der Waals surface area contributed by atoms with Crippen molar-refractivity contribution in [3.8, 4) is 11.4 Å². The number of ether oxygens (including phenoxy) is 1. The van der Waals surface area contributed by atoms with Crippen molar-refractivity contribution in [2.24, 2.45) is 0 Å². The first kappa shape index (κ1) is 13.6. The molecular formula is C16H17N3O2. The van der Waals surface area contributed by atoms with Crippen LogP contribution in [0.1, 0.15) is 12.8 Å². The number of nitrogens with zero attached hydrogens (tertiary/aromatic N) is 3. The summed E-state index contributed by atoms with van der Waals surface area (Å²) in [7, 11) is 0. The number of rotatable bonds is 1. The number of benzene rings is 2. The van der Waals surface area contributed by atoms with Gasteiger partial charge in [0.1, 0.15) is 22.5 Å². The zero-order chi connectivity index (χ0) is 14.5. The van der Waals surface area contributed by atoms with E-state index in [1.807, 2.05) is 30.3 Å². The van der Waals surface area contributed by atoms with Gasteiger partial charge in [0.05, 0.1) is 0 Å². The van der Waals surface area contributed by atoms with Crippen LogP contribution in [0.25, 0.3) is 16.7 Å². The topological polar surface area (TPSA) is 60.2 Å². The van der Waals surface area contributed by atoms with Crippen molar-refractivity contribution in [2.45, 2.75) is 12.8 Å². The van der Waals surface area contributed by atoms with E-state index in [4.69, 9.17) is 4.74 Å². The highest BCUT2D eigenvalue weighted by atomic mass is 16.5. The van der Waals surface area contributed by atoms with Gasteiger partial charge in [0.2, 0.25) is 0 Å². The second-order valence-corrected chi connectivity index (χ2v) is 4.79. The number of aromatic hydroxyl groups is 1. The predicted octanol–water partition coefficient (Wildman–Crippen LogP) is 2.92. The number of para-hydroxylation sites is 2. The van der Waals surface area contributed by atoms with Crippen molar-refractivity contribution in [3.63, 3.8) is 0 Å². The summed E-state index contributed by atoms with van der Waals surface area (Å²) in [5.41, 5.74) is 2.20. The van der Waals surface area contributed by atoms with Crippen molar-refractivity contribution in [2.75, 3.05) is 13.2 Å². The highest BCUT2D eigenvalue weighted by Crippen LogP contribution is 2.20. The van der Waals surface area contributed by atoms with Crippen LogP contribution in [0, 0.1) is 0 Å². The molecule has 5 heteroatoms. The van der Waals surface area contributed by atoms with Gasteiger partial charge in [-0.1, -0.05) is 24.3 Å². The third-order valence-electron chi connectivity index (χ3n) is 3.21. The predicted molar refractivity (Wildman–Crippen MR) is 80.6 cm³/mol. The normalized spacial score (nSPS) is 13.9. The molecule has 0 spiro atoms. The fourth-order valence-electron chi connectivity index (χ4n) is 2.11. The van der Waals surface area contributed by atoms with Crippen molar-refractivity contribution >= 4 is 11.0 Å². The number of phenolic OH excluding ortho intramolecular Hbond substituents is 1. The van der Waals surface area contributed by atoms with E-state index in [1.54, 1.807) is 18.2 Å². The average molecular weight is 283 g/mol. The minimum absolute atomic E-state index is 0.169. The lowest BCUT2D eigenvalue weighted by Crippen LogP contribution is -1.98. The molecule has 1 fully saturated rings. The molecule has 108 valence electrons.